The molecular formula is C24H28N6O. The third-order valence-corrected chi connectivity index (χ3v) is 6.62. The van der Waals surface area contributed by atoms with Crippen molar-refractivity contribution in [2.24, 2.45) is 11.3 Å². The summed E-state index contributed by atoms with van der Waals surface area (Å²) in [6.07, 6.45) is 7.97. The smallest absolute Gasteiger partial charge is 0.267 e. The fraction of sp³-hybridized carbons (Fsp3) is 0.417. The zero-order valence-corrected chi connectivity index (χ0v) is 18.2. The highest BCUT2D eigenvalue weighted by Gasteiger charge is 2.30. The lowest BCUT2D eigenvalue weighted by molar-refractivity contribution is 0.173. The van der Waals surface area contributed by atoms with Gasteiger partial charge in [0, 0.05) is 12.2 Å². The highest BCUT2D eigenvalue weighted by atomic mass is 16.1. The van der Waals surface area contributed by atoms with E-state index in [4.69, 9.17) is 4.98 Å². The number of aromatic nitrogens is 5. The minimum absolute atomic E-state index is 0.141. The number of anilines is 1. The van der Waals surface area contributed by atoms with Crippen LogP contribution in [0.3, 0.4) is 0 Å². The van der Waals surface area contributed by atoms with Gasteiger partial charge in [0.2, 0.25) is 5.95 Å². The standard InChI is InChI=1S/C24H28N6O/c1-24(2,3)15-9-11-16(12-10-15)27-23-25-13-18-20-19(14-26-29-20)22(31)30(21(18)28-23)17-7-5-4-6-8-17/h4-8,13-16H,9-12H2,1-3H3,(H,26,29)(H,25,27,28). The Hall–Kier alpha value is -3.22. The molecule has 7 heteroatoms. The van der Waals surface area contributed by atoms with Crippen LogP contribution in [0.2, 0.25) is 0 Å². The summed E-state index contributed by atoms with van der Waals surface area (Å²) in [5, 5.41) is 11.8. The van der Waals surface area contributed by atoms with Gasteiger partial charge in [-0.1, -0.05) is 39.0 Å². The highest BCUT2D eigenvalue weighted by molar-refractivity contribution is 6.02. The van der Waals surface area contributed by atoms with E-state index < -0.39 is 0 Å². The number of nitrogens with one attached hydrogen (secondary N) is 2. The van der Waals surface area contributed by atoms with Gasteiger partial charge in [0.05, 0.1) is 28.2 Å². The predicted octanol–water partition coefficient (Wildman–Crippen LogP) is 4.67. The van der Waals surface area contributed by atoms with Crippen molar-refractivity contribution in [3.8, 4) is 5.69 Å². The van der Waals surface area contributed by atoms with Crippen LogP contribution in [0.25, 0.3) is 27.6 Å². The highest BCUT2D eigenvalue weighted by Crippen LogP contribution is 2.38. The van der Waals surface area contributed by atoms with Crippen LogP contribution in [0.1, 0.15) is 46.5 Å². The molecule has 0 aliphatic heterocycles. The monoisotopic (exact) mass is 416 g/mol. The predicted molar refractivity (Wildman–Crippen MR) is 124 cm³/mol. The van der Waals surface area contributed by atoms with E-state index in [1.165, 1.54) is 12.8 Å². The molecule has 4 aromatic rings. The van der Waals surface area contributed by atoms with Gasteiger partial charge in [-0.3, -0.25) is 14.5 Å². The van der Waals surface area contributed by atoms with E-state index in [1.807, 2.05) is 30.3 Å². The third kappa shape index (κ3) is 3.58. The molecule has 0 atom stereocenters. The normalized spacial score (nSPS) is 19.7. The van der Waals surface area contributed by atoms with E-state index in [-0.39, 0.29) is 5.56 Å². The van der Waals surface area contributed by atoms with Crippen LogP contribution < -0.4 is 10.9 Å². The van der Waals surface area contributed by atoms with Crippen molar-refractivity contribution < 1.29 is 0 Å². The molecule has 160 valence electrons. The van der Waals surface area contributed by atoms with Gasteiger partial charge in [0.1, 0.15) is 0 Å². The zero-order chi connectivity index (χ0) is 21.6. The van der Waals surface area contributed by atoms with Gasteiger partial charge >= 0.3 is 0 Å². The average Bonchev–Trinajstić information content (AvgIpc) is 3.25. The molecule has 2 N–H and O–H groups in total. The van der Waals surface area contributed by atoms with Crippen LogP contribution in [0.4, 0.5) is 5.95 Å². The second-order valence-electron chi connectivity index (χ2n) is 9.62. The minimum atomic E-state index is -0.141. The summed E-state index contributed by atoms with van der Waals surface area (Å²) >= 11 is 0. The number of hydrogen-bond acceptors (Lipinski definition) is 5. The lowest BCUT2D eigenvalue weighted by atomic mass is 9.71. The van der Waals surface area contributed by atoms with Crippen LogP contribution in [0.5, 0.6) is 0 Å². The van der Waals surface area contributed by atoms with Gasteiger partial charge in [-0.05, 0) is 49.1 Å². The van der Waals surface area contributed by atoms with Crippen LogP contribution >= 0.6 is 0 Å². The first-order chi connectivity index (χ1) is 14.9. The number of para-hydroxylation sites is 1. The summed E-state index contributed by atoms with van der Waals surface area (Å²) in [6.45, 7) is 6.99. The van der Waals surface area contributed by atoms with Crippen molar-refractivity contribution in [3.63, 3.8) is 0 Å². The van der Waals surface area contributed by atoms with Gasteiger partial charge in [0.15, 0.2) is 5.65 Å². The van der Waals surface area contributed by atoms with Crippen molar-refractivity contribution in [1.29, 1.82) is 0 Å². The molecule has 1 fully saturated rings. The van der Waals surface area contributed by atoms with Gasteiger partial charge in [0.25, 0.3) is 5.56 Å². The van der Waals surface area contributed by atoms with Crippen molar-refractivity contribution in [2.75, 3.05) is 5.32 Å². The summed E-state index contributed by atoms with van der Waals surface area (Å²) in [7, 11) is 0. The second-order valence-corrected chi connectivity index (χ2v) is 9.62. The van der Waals surface area contributed by atoms with Crippen LogP contribution in [-0.2, 0) is 0 Å². The van der Waals surface area contributed by atoms with Crippen molar-refractivity contribution >= 4 is 27.9 Å². The minimum Gasteiger partial charge on any atom is -0.351 e. The molecule has 0 spiro atoms. The molecular weight excluding hydrogens is 388 g/mol. The summed E-state index contributed by atoms with van der Waals surface area (Å²) in [6, 6.07) is 9.94. The van der Waals surface area contributed by atoms with E-state index in [1.54, 1.807) is 17.0 Å². The van der Waals surface area contributed by atoms with Gasteiger partial charge in [-0.2, -0.15) is 10.1 Å². The topological polar surface area (TPSA) is 88.5 Å². The molecule has 0 bridgehead atoms. The number of nitrogens with zero attached hydrogens (tertiary/aromatic N) is 4. The molecule has 31 heavy (non-hydrogen) atoms. The maximum Gasteiger partial charge on any atom is 0.267 e. The second kappa shape index (κ2) is 7.48. The molecule has 0 saturated heterocycles. The molecule has 1 saturated carbocycles. The maximum atomic E-state index is 13.3. The largest absolute Gasteiger partial charge is 0.351 e. The lowest BCUT2D eigenvalue weighted by Crippen LogP contribution is -2.32. The number of H-pyrrole nitrogens is 1. The van der Waals surface area contributed by atoms with Crippen molar-refractivity contribution in [3.05, 3.63) is 53.1 Å². The molecule has 7 nitrogen and oxygen atoms in total. The summed E-state index contributed by atoms with van der Waals surface area (Å²) < 4.78 is 1.65. The molecule has 0 unspecified atom stereocenters. The Bertz CT molecular complexity index is 1280. The third-order valence-electron chi connectivity index (χ3n) is 6.62. The molecule has 0 amide bonds. The number of fused-ring (bicyclic) bond motifs is 3. The fourth-order valence-electron chi connectivity index (χ4n) is 4.76. The van der Waals surface area contributed by atoms with E-state index in [2.05, 4.69) is 41.3 Å². The number of hydrogen-bond donors (Lipinski definition) is 2. The summed E-state index contributed by atoms with van der Waals surface area (Å²) in [5.41, 5.74) is 2.23. The first-order valence-electron chi connectivity index (χ1n) is 11.0. The molecule has 3 aromatic heterocycles. The Morgan fingerprint density at radius 3 is 2.48 bits per heavy atom. The number of benzene rings is 1. The van der Waals surface area contributed by atoms with Crippen LogP contribution in [0.15, 0.2) is 47.5 Å². The van der Waals surface area contributed by atoms with Crippen molar-refractivity contribution in [1.82, 2.24) is 24.7 Å². The average molecular weight is 417 g/mol. The van der Waals surface area contributed by atoms with Crippen LogP contribution in [0, 0.1) is 11.3 Å². The fourth-order valence-corrected chi connectivity index (χ4v) is 4.76. The van der Waals surface area contributed by atoms with Gasteiger partial charge in [-0.15, -0.1) is 0 Å². The zero-order valence-electron chi connectivity index (χ0n) is 18.2. The van der Waals surface area contributed by atoms with E-state index in [0.29, 0.717) is 34.0 Å². The van der Waals surface area contributed by atoms with Gasteiger partial charge < -0.3 is 5.32 Å². The Morgan fingerprint density at radius 2 is 1.77 bits per heavy atom. The quantitative estimate of drug-likeness (QED) is 0.506. The maximum absolute atomic E-state index is 13.3. The Balaban J connectivity index is 1.54. The molecule has 0 radical (unpaired) electrons. The number of aromatic amines is 1. The molecule has 1 aromatic carbocycles. The first kappa shape index (κ1) is 19.7. The molecule has 5 rings (SSSR count). The van der Waals surface area contributed by atoms with E-state index in [9.17, 15) is 4.79 Å². The molecule has 3 heterocycles. The number of rotatable bonds is 3. The Kier molecular flexibility index (Phi) is 4.76. The van der Waals surface area contributed by atoms with Gasteiger partial charge in [-0.25, -0.2) is 4.98 Å². The van der Waals surface area contributed by atoms with Crippen LogP contribution in [-0.4, -0.2) is 30.8 Å². The molecule has 1 aliphatic rings. The molecule has 1 aliphatic carbocycles. The first-order valence-corrected chi connectivity index (χ1v) is 11.0. The number of pyridine rings is 1. The summed E-state index contributed by atoms with van der Waals surface area (Å²) in [5.74, 6) is 1.31. The van der Waals surface area contributed by atoms with E-state index >= 15 is 0 Å². The Morgan fingerprint density at radius 1 is 1.03 bits per heavy atom. The van der Waals surface area contributed by atoms with E-state index in [0.717, 1.165) is 29.8 Å². The SMILES string of the molecule is CC(C)(C)C1CCC(Nc2ncc3c4[nH]ncc4c(=O)n(-c4ccccc4)c3n2)CC1. The van der Waals surface area contributed by atoms with Crippen molar-refractivity contribution in [2.45, 2.75) is 52.5 Å². The lowest BCUT2D eigenvalue weighted by Gasteiger charge is -2.37. The summed E-state index contributed by atoms with van der Waals surface area (Å²) in [4.78, 5) is 22.6. The Labute approximate surface area is 180 Å².